The number of halogens is 1. The highest BCUT2D eigenvalue weighted by Gasteiger charge is 2.21. The van der Waals surface area contributed by atoms with Crippen LogP contribution in [0.15, 0.2) is 47.5 Å². The number of thioether (sulfide) groups is 1. The smallest absolute Gasteiger partial charge is 0.235 e. The number of methoxy groups -OCH3 is 1. The summed E-state index contributed by atoms with van der Waals surface area (Å²) in [5, 5.41) is 7.03. The molecule has 1 amide bonds. The number of hydrogen-bond acceptors (Lipinski definition) is 7. The Morgan fingerprint density at radius 3 is 3.06 bits per heavy atom. The summed E-state index contributed by atoms with van der Waals surface area (Å²) < 4.78 is 25.6. The van der Waals surface area contributed by atoms with Gasteiger partial charge >= 0.3 is 0 Å². The van der Waals surface area contributed by atoms with E-state index in [0.717, 1.165) is 29.0 Å². The van der Waals surface area contributed by atoms with Gasteiger partial charge in [0, 0.05) is 30.2 Å². The van der Waals surface area contributed by atoms with Crippen LogP contribution in [0.5, 0.6) is 5.75 Å². The van der Waals surface area contributed by atoms with Gasteiger partial charge in [0.05, 0.1) is 36.2 Å². The Morgan fingerprint density at radius 1 is 1.32 bits per heavy atom. The summed E-state index contributed by atoms with van der Waals surface area (Å²) >= 11 is 1.51. The highest BCUT2D eigenvalue weighted by molar-refractivity contribution is 8.00. The molecule has 2 atom stereocenters. The van der Waals surface area contributed by atoms with Gasteiger partial charge in [-0.15, -0.1) is 11.8 Å². The van der Waals surface area contributed by atoms with Crippen LogP contribution < -0.4 is 15.4 Å². The van der Waals surface area contributed by atoms with Crippen LogP contribution in [0.1, 0.15) is 24.1 Å². The molecule has 2 unspecified atom stereocenters. The Labute approximate surface area is 201 Å². The quantitative estimate of drug-likeness (QED) is 0.548. The van der Waals surface area contributed by atoms with Crippen molar-refractivity contribution in [2.75, 3.05) is 24.8 Å². The SMILES string of the molecule is COc1cc(F)c2nccc(C=CC3CCC(NCc4ccc5c(n4)NC(=O)CS5)CO3)c2c1. The molecule has 7 nitrogen and oxygen atoms in total. The molecule has 176 valence electrons. The molecule has 1 saturated heterocycles. The van der Waals surface area contributed by atoms with Crippen molar-refractivity contribution >= 4 is 40.5 Å². The number of aromatic nitrogens is 2. The molecule has 2 aromatic heterocycles. The summed E-state index contributed by atoms with van der Waals surface area (Å²) in [5.41, 5.74) is 2.08. The number of nitrogens with one attached hydrogen (secondary N) is 2. The van der Waals surface area contributed by atoms with Crippen LogP contribution in [0.2, 0.25) is 0 Å². The number of carbonyl (C=O) groups excluding carboxylic acids is 1. The topological polar surface area (TPSA) is 85.4 Å². The van der Waals surface area contributed by atoms with Gasteiger partial charge in [-0.05, 0) is 42.7 Å². The van der Waals surface area contributed by atoms with E-state index >= 15 is 0 Å². The first-order valence-electron chi connectivity index (χ1n) is 11.2. The van der Waals surface area contributed by atoms with Crippen LogP contribution in [0.25, 0.3) is 17.0 Å². The predicted octanol–water partition coefficient (Wildman–Crippen LogP) is 4.17. The van der Waals surface area contributed by atoms with E-state index in [2.05, 4.69) is 20.6 Å². The van der Waals surface area contributed by atoms with E-state index < -0.39 is 5.82 Å². The Morgan fingerprint density at radius 2 is 2.24 bits per heavy atom. The number of pyridine rings is 2. The van der Waals surface area contributed by atoms with Crippen LogP contribution in [0.3, 0.4) is 0 Å². The lowest BCUT2D eigenvalue weighted by Gasteiger charge is -2.28. The second kappa shape index (κ2) is 10.1. The van der Waals surface area contributed by atoms with Gasteiger partial charge in [0.25, 0.3) is 0 Å². The van der Waals surface area contributed by atoms with E-state index in [1.165, 1.54) is 24.9 Å². The average Bonchev–Trinajstić information content (AvgIpc) is 2.86. The molecular weight excluding hydrogens is 455 g/mol. The first-order chi connectivity index (χ1) is 16.6. The van der Waals surface area contributed by atoms with E-state index in [1.807, 2.05) is 30.4 Å². The minimum Gasteiger partial charge on any atom is -0.497 e. The summed E-state index contributed by atoms with van der Waals surface area (Å²) in [4.78, 5) is 21.3. The van der Waals surface area contributed by atoms with Crippen LogP contribution in [-0.2, 0) is 16.1 Å². The van der Waals surface area contributed by atoms with Gasteiger partial charge in [0.1, 0.15) is 17.1 Å². The van der Waals surface area contributed by atoms with Gasteiger partial charge in [-0.2, -0.15) is 0 Å². The second-order valence-electron chi connectivity index (χ2n) is 8.28. The van der Waals surface area contributed by atoms with Crippen molar-refractivity contribution in [2.45, 2.75) is 36.4 Å². The molecule has 3 aromatic rings. The number of amides is 1. The summed E-state index contributed by atoms with van der Waals surface area (Å²) in [6.45, 7) is 1.20. The number of hydrogen-bond donors (Lipinski definition) is 2. The van der Waals surface area contributed by atoms with E-state index in [-0.39, 0.29) is 18.1 Å². The fourth-order valence-electron chi connectivity index (χ4n) is 4.12. The van der Waals surface area contributed by atoms with Crippen molar-refractivity contribution in [1.29, 1.82) is 0 Å². The third-order valence-electron chi connectivity index (χ3n) is 5.95. The zero-order valence-electron chi connectivity index (χ0n) is 18.7. The van der Waals surface area contributed by atoms with Gasteiger partial charge in [-0.25, -0.2) is 9.37 Å². The Hall–Kier alpha value is -3.01. The fourth-order valence-corrected chi connectivity index (χ4v) is 4.87. The first-order valence-corrected chi connectivity index (χ1v) is 12.2. The summed E-state index contributed by atoms with van der Waals surface area (Å²) in [7, 11) is 1.52. The minimum atomic E-state index is -0.401. The third-order valence-corrected chi connectivity index (χ3v) is 6.99. The highest BCUT2D eigenvalue weighted by Crippen LogP contribution is 2.30. The van der Waals surface area contributed by atoms with E-state index in [1.54, 1.807) is 12.3 Å². The van der Waals surface area contributed by atoms with E-state index in [4.69, 9.17) is 9.47 Å². The van der Waals surface area contributed by atoms with Crippen molar-refractivity contribution in [3.8, 4) is 5.75 Å². The Balaban J connectivity index is 1.17. The standard InChI is InChI=1S/C25H25FN4O3S/c1-32-19-10-20-15(8-9-27-24(20)21(26)11-19)2-5-18-6-3-17(13-33-18)28-12-16-4-7-22-25(29-16)30-23(31)14-34-22/h2,4-5,7-11,17-18,28H,3,6,12-14H2,1H3,(H,29,30,31). The normalized spacial score (nSPS) is 20.4. The fraction of sp³-hybridized carbons (Fsp3) is 0.320. The lowest BCUT2D eigenvalue weighted by Crippen LogP contribution is -2.39. The molecule has 4 heterocycles. The van der Waals surface area contributed by atoms with Gasteiger partial charge in [-0.1, -0.05) is 12.2 Å². The molecule has 5 rings (SSSR count). The second-order valence-corrected chi connectivity index (χ2v) is 9.30. The van der Waals surface area contributed by atoms with Crippen LogP contribution >= 0.6 is 11.8 Å². The molecule has 0 aliphatic carbocycles. The van der Waals surface area contributed by atoms with Crippen molar-refractivity contribution in [3.63, 3.8) is 0 Å². The first kappa shape index (κ1) is 22.8. The maximum atomic E-state index is 14.3. The van der Waals surface area contributed by atoms with E-state index in [0.29, 0.717) is 41.4 Å². The van der Waals surface area contributed by atoms with Crippen molar-refractivity contribution in [3.05, 3.63) is 59.7 Å². The number of rotatable bonds is 6. The number of ether oxygens (including phenoxy) is 2. The molecule has 1 fully saturated rings. The Kier molecular flexibility index (Phi) is 6.75. The minimum absolute atomic E-state index is 0.00849. The molecule has 0 spiro atoms. The predicted molar refractivity (Wildman–Crippen MR) is 130 cm³/mol. The van der Waals surface area contributed by atoms with Crippen LogP contribution in [0.4, 0.5) is 10.2 Å². The number of benzene rings is 1. The zero-order chi connectivity index (χ0) is 23.5. The van der Waals surface area contributed by atoms with Gasteiger partial charge in [0.15, 0.2) is 5.82 Å². The van der Waals surface area contributed by atoms with Gasteiger partial charge in [0.2, 0.25) is 5.91 Å². The number of carbonyl (C=O) groups is 1. The summed E-state index contributed by atoms with van der Waals surface area (Å²) in [5.74, 6) is 1.13. The van der Waals surface area contributed by atoms with Gasteiger partial charge in [-0.3, -0.25) is 9.78 Å². The monoisotopic (exact) mass is 480 g/mol. The molecule has 9 heteroatoms. The Bertz CT molecular complexity index is 1240. The molecule has 0 bridgehead atoms. The van der Waals surface area contributed by atoms with Crippen molar-refractivity contribution < 1.29 is 18.7 Å². The van der Waals surface area contributed by atoms with Crippen molar-refractivity contribution in [1.82, 2.24) is 15.3 Å². The molecule has 34 heavy (non-hydrogen) atoms. The number of nitrogens with zero attached hydrogens (tertiary/aromatic N) is 2. The average molecular weight is 481 g/mol. The van der Waals surface area contributed by atoms with Crippen molar-refractivity contribution in [2.24, 2.45) is 0 Å². The lowest BCUT2D eigenvalue weighted by atomic mass is 10.0. The largest absolute Gasteiger partial charge is 0.497 e. The molecule has 0 radical (unpaired) electrons. The molecule has 0 saturated carbocycles. The molecule has 2 aliphatic heterocycles. The lowest BCUT2D eigenvalue weighted by molar-refractivity contribution is -0.113. The summed E-state index contributed by atoms with van der Waals surface area (Å²) in [6.07, 6.45) is 7.42. The zero-order valence-corrected chi connectivity index (χ0v) is 19.5. The molecule has 1 aromatic carbocycles. The van der Waals surface area contributed by atoms with Crippen LogP contribution in [0, 0.1) is 5.82 Å². The maximum absolute atomic E-state index is 14.3. The third kappa shape index (κ3) is 5.06. The highest BCUT2D eigenvalue weighted by atomic mass is 32.2. The summed E-state index contributed by atoms with van der Waals surface area (Å²) in [6, 6.07) is 9.22. The molecular formula is C25H25FN4O3S. The molecule has 2 N–H and O–H groups in total. The maximum Gasteiger partial charge on any atom is 0.235 e. The number of fused-ring (bicyclic) bond motifs is 2. The number of anilines is 1. The van der Waals surface area contributed by atoms with Crippen LogP contribution in [-0.4, -0.2) is 47.5 Å². The van der Waals surface area contributed by atoms with E-state index in [9.17, 15) is 9.18 Å². The molecule has 2 aliphatic rings. The van der Waals surface area contributed by atoms with Gasteiger partial charge < -0.3 is 20.1 Å².